The lowest BCUT2D eigenvalue weighted by Crippen LogP contribution is -2.64. The zero-order chi connectivity index (χ0) is 46.8. The number of allylic oxidation sites excluding steroid dienone is 6. The van der Waals surface area contributed by atoms with E-state index in [0.717, 1.165) is 96.3 Å². The van der Waals surface area contributed by atoms with Gasteiger partial charge in [0.2, 0.25) is 0 Å². The van der Waals surface area contributed by atoms with Gasteiger partial charge in [0.15, 0.2) is 6.10 Å². The maximum atomic E-state index is 13.0. The van der Waals surface area contributed by atoms with Crippen LogP contribution in [-0.4, -0.2) is 103 Å². The van der Waals surface area contributed by atoms with E-state index in [1.807, 2.05) is 0 Å². The SMILES string of the molecule is CCCCC/C=C\C/C=C\CCCCCCCC(=O)O[C@H](COC(=O)CCCCCCCCC/C=C\CCCCCC)COP(=O)(O)O[C@H]1C(O)C(O)C(O)[C@@H](OP(=O)(O)O)C1O. The van der Waals surface area contributed by atoms with Crippen LogP contribution < -0.4 is 0 Å². The molecule has 1 fully saturated rings. The Morgan fingerprint density at radius 2 is 0.921 bits per heavy atom. The van der Waals surface area contributed by atoms with Gasteiger partial charge >= 0.3 is 27.6 Å². The smallest absolute Gasteiger partial charge is 0.462 e. The Labute approximate surface area is 376 Å². The zero-order valence-corrected chi connectivity index (χ0v) is 39.8. The highest BCUT2D eigenvalue weighted by Gasteiger charge is 2.54. The van der Waals surface area contributed by atoms with E-state index in [-0.39, 0.29) is 12.8 Å². The second-order valence-corrected chi connectivity index (χ2v) is 19.1. The Morgan fingerprint density at radius 3 is 1.43 bits per heavy atom. The van der Waals surface area contributed by atoms with E-state index in [9.17, 15) is 44.0 Å². The number of hydrogen-bond acceptors (Lipinski definition) is 13. The second kappa shape index (κ2) is 36.4. The molecule has 1 aliphatic rings. The number of phosphoric ester groups is 2. The molecular weight excluding hydrogens is 858 g/mol. The van der Waals surface area contributed by atoms with Gasteiger partial charge in [-0.3, -0.25) is 23.2 Å². The third-order valence-corrected chi connectivity index (χ3v) is 12.2. The summed E-state index contributed by atoms with van der Waals surface area (Å²) in [6, 6.07) is 0. The zero-order valence-electron chi connectivity index (χ0n) is 38.0. The maximum absolute atomic E-state index is 13.0. The number of ether oxygens (including phenoxy) is 2. The summed E-state index contributed by atoms with van der Waals surface area (Å²) in [6.07, 6.45) is 23.8. The number of aliphatic hydroxyl groups is 4. The minimum atomic E-state index is -5.36. The molecule has 0 aromatic heterocycles. The minimum Gasteiger partial charge on any atom is -0.462 e. The van der Waals surface area contributed by atoms with Crippen molar-refractivity contribution in [3.05, 3.63) is 36.5 Å². The molecule has 368 valence electrons. The van der Waals surface area contributed by atoms with Gasteiger partial charge in [0.25, 0.3) is 0 Å². The Bertz CT molecular complexity index is 1370. The van der Waals surface area contributed by atoms with Crippen LogP contribution in [0.5, 0.6) is 0 Å². The molecule has 7 N–H and O–H groups in total. The van der Waals surface area contributed by atoms with E-state index in [4.69, 9.17) is 28.3 Å². The summed E-state index contributed by atoms with van der Waals surface area (Å²) >= 11 is 0. The van der Waals surface area contributed by atoms with Crippen molar-refractivity contribution in [3.8, 4) is 0 Å². The van der Waals surface area contributed by atoms with Crippen LogP contribution in [-0.2, 0) is 41.8 Å². The highest BCUT2D eigenvalue weighted by Crippen LogP contribution is 2.49. The molecule has 0 aromatic rings. The van der Waals surface area contributed by atoms with Gasteiger partial charge in [0.05, 0.1) is 6.61 Å². The monoisotopic (exact) mass is 941 g/mol. The predicted octanol–water partition coefficient (Wildman–Crippen LogP) is 8.73. The maximum Gasteiger partial charge on any atom is 0.472 e. The van der Waals surface area contributed by atoms with Crippen molar-refractivity contribution in [2.24, 2.45) is 0 Å². The fourth-order valence-corrected chi connectivity index (χ4v) is 8.53. The molecule has 63 heavy (non-hydrogen) atoms. The molecule has 0 aliphatic heterocycles. The van der Waals surface area contributed by atoms with Gasteiger partial charge in [0, 0.05) is 12.8 Å². The third kappa shape index (κ3) is 30.9. The second-order valence-electron chi connectivity index (χ2n) is 16.5. The van der Waals surface area contributed by atoms with Crippen LogP contribution in [0.4, 0.5) is 0 Å². The molecular formula is C45H82O16P2. The quantitative estimate of drug-likeness (QED) is 0.0132. The highest BCUT2D eigenvalue weighted by atomic mass is 31.2. The fourth-order valence-electron chi connectivity index (χ4n) is 6.99. The van der Waals surface area contributed by atoms with E-state index >= 15 is 0 Å². The lowest BCUT2D eigenvalue weighted by Gasteiger charge is -2.43. The summed E-state index contributed by atoms with van der Waals surface area (Å²) < 4.78 is 49.3. The minimum absolute atomic E-state index is 0.0275. The molecule has 0 heterocycles. The van der Waals surface area contributed by atoms with Crippen LogP contribution in [0.25, 0.3) is 0 Å². The van der Waals surface area contributed by atoms with Crippen LogP contribution in [0.1, 0.15) is 181 Å². The first-order chi connectivity index (χ1) is 30.1. The average Bonchev–Trinajstić information content (AvgIpc) is 3.23. The van der Waals surface area contributed by atoms with Crippen LogP contribution in [0.2, 0.25) is 0 Å². The van der Waals surface area contributed by atoms with Crippen molar-refractivity contribution in [3.63, 3.8) is 0 Å². The van der Waals surface area contributed by atoms with E-state index in [2.05, 4.69) is 54.8 Å². The Balaban J connectivity index is 2.61. The van der Waals surface area contributed by atoms with Crippen molar-refractivity contribution in [2.45, 2.75) is 224 Å². The molecule has 0 amide bonds. The van der Waals surface area contributed by atoms with Crippen molar-refractivity contribution in [1.29, 1.82) is 0 Å². The summed E-state index contributed by atoms with van der Waals surface area (Å²) in [5.74, 6) is -1.23. The summed E-state index contributed by atoms with van der Waals surface area (Å²) in [5.41, 5.74) is 0. The molecule has 16 nitrogen and oxygen atoms in total. The first kappa shape index (κ1) is 59.2. The molecule has 1 saturated carbocycles. The van der Waals surface area contributed by atoms with Gasteiger partial charge in [-0.15, -0.1) is 0 Å². The number of unbranched alkanes of at least 4 members (excludes halogenated alkanes) is 19. The number of carbonyl (C=O) groups excluding carboxylic acids is 2. The Kier molecular flexibility index (Phi) is 34.2. The number of aliphatic hydroxyl groups excluding tert-OH is 4. The topological polar surface area (TPSA) is 256 Å². The van der Waals surface area contributed by atoms with Crippen LogP contribution in [0, 0.1) is 0 Å². The normalized spacial score (nSPS) is 22.2. The number of rotatable bonds is 39. The molecule has 0 radical (unpaired) electrons. The summed E-state index contributed by atoms with van der Waals surface area (Å²) in [5, 5.41) is 41.2. The number of esters is 2. The first-order valence-corrected chi connectivity index (χ1v) is 26.6. The van der Waals surface area contributed by atoms with Crippen LogP contribution in [0.15, 0.2) is 36.5 Å². The van der Waals surface area contributed by atoms with E-state index < -0.39 is 83.5 Å². The Morgan fingerprint density at radius 1 is 0.508 bits per heavy atom. The largest absolute Gasteiger partial charge is 0.472 e. The molecule has 5 unspecified atom stereocenters. The summed E-state index contributed by atoms with van der Waals surface area (Å²) in [6.45, 7) is 3.05. The third-order valence-electron chi connectivity index (χ3n) is 10.7. The molecule has 0 spiro atoms. The van der Waals surface area contributed by atoms with Gasteiger partial charge in [-0.25, -0.2) is 9.13 Å². The molecule has 1 aliphatic carbocycles. The van der Waals surface area contributed by atoms with Gasteiger partial charge in [0.1, 0.15) is 43.2 Å². The molecule has 0 aromatic carbocycles. The van der Waals surface area contributed by atoms with E-state index in [1.165, 1.54) is 44.9 Å². The fraction of sp³-hybridized carbons (Fsp3) is 0.822. The molecule has 0 bridgehead atoms. The van der Waals surface area contributed by atoms with Crippen molar-refractivity contribution < 1.29 is 76.9 Å². The Hall–Kier alpha value is -1.78. The standard InChI is InChI=1S/C45H82O16P2/c1-3-5-7-9-11-13-15-17-19-21-23-25-27-29-31-33-38(46)57-35-37(59-39(47)34-32-30-28-26-24-22-20-18-16-14-12-10-8-6-4-2)36-58-63(55,56)61-45-42(50)40(48)41(49)44(43(45)51)60-62(52,53)54/h12-15,18,20,37,40-45,48-51H,3-11,16-17,19,21-36H2,1-2H3,(H,55,56)(H2,52,53,54)/b14-12-,15-13-,20-18-/t37-,40?,41?,42?,43?,44-,45+/m1/s1. The van der Waals surface area contributed by atoms with Gasteiger partial charge in [-0.05, 0) is 70.6 Å². The first-order valence-electron chi connectivity index (χ1n) is 23.5. The van der Waals surface area contributed by atoms with Gasteiger partial charge < -0.3 is 44.6 Å². The number of hydrogen-bond donors (Lipinski definition) is 7. The average molecular weight is 941 g/mol. The van der Waals surface area contributed by atoms with Crippen LogP contribution in [0.3, 0.4) is 0 Å². The van der Waals surface area contributed by atoms with E-state index in [1.54, 1.807) is 0 Å². The predicted molar refractivity (Wildman–Crippen MR) is 241 cm³/mol. The highest BCUT2D eigenvalue weighted by molar-refractivity contribution is 7.47. The number of phosphoric acid groups is 2. The number of carbonyl (C=O) groups is 2. The molecule has 18 heteroatoms. The summed E-state index contributed by atoms with van der Waals surface area (Å²) in [7, 11) is -10.7. The van der Waals surface area contributed by atoms with Gasteiger partial charge in [-0.1, -0.05) is 134 Å². The van der Waals surface area contributed by atoms with Crippen molar-refractivity contribution >= 4 is 27.6 Å². The van der Waals surface area contributed by atoms with Crippen LogP contribution >= 0.6 is 15.6 Å². The molecule has 0 saturated heterocycles. The van der Waals surface area contributed by atoms with Crippen molar-refractivity contribution in [1.82, 2.24) is 0 Å². The summed E-state index contributed by atoms with van der Waals surface area (Å²) in [4.78, 5) is 54.2. The lowest BCUT2D eigenvalue weighted by molar-refractivity contribution is -0.216. The molecule has 8 atom stereocenters. The lowest BCUT2D eigenvalue weighted by atomic mass is 9.85. The van der Waals surface area contributed by atoms with E-state index in [0.29, 0.717) is 12.8 Å². The molecule has 1 rings (SSSR count). The van der Waals surface area contributed by atoms with Crippen molar-refractivity contribution in [2.75, 3.05) is 13.2 Å². The van der Waals surface area contributed by atoms with Gasteiger partial charge in [-0.2, -0.15) is 0 Å².